The summed E-state index contributed by atoms with van der Waals surface area (Å²) in [6.45, 7) is 4.90. The number of carbonyl (C=O) groups is 1. The molecule has 2 N–H and O–H groups in total. The van der Waals surface area contributed by atoms with E-state index in [1.54, 1.807) is 0 Å². The number of aliphatic hydroxyl groups is 1. The number of nitrogens with one attached hydrogen (secondary N) is 1. The highest BCUT2D eigenvalue weighted by atomic mass is 16.3. The zero-order valence-corrected chi connectivity index (χ0v) is 14.0. The fourth-order valence-electron chi connectivity index (χ4n) is 2.85. The average molecular weight is 328 g/mol. The van der Waals surface area contributed by atoms with Crippen LogP contribution in [-0.4, -0.2) is 44.7 Å². The van der Waals surface area contributed by atoms with Crippen molar-refractivity contribution in [2.75, 3.05) is 18.4 Å². The second kappa shape index (κ2) is 7.49. The van der Waals surface area contributed by atoms with Gasteiger partial charge in [-0.2, -0.15) is 0 Å². The highest BCUT2D eigenvalue weighted by molar-refractivity contribution is 5.94. The molecule has 1 aliphatic rings. The number of imidazole rings is 1. The number of nitrogens with zero attached hydrogens (tertiary/aromatic N) is 3. The quantitative estimate of drug-likeness (QED) is 0.882. The zero-order valence-electron chi connectivity index (χ0n) is 14.0. The van der Waals surface area contributed by atoms with Crippen LogP contribution in [0.1, 0.15) is 35.8 Å². The Hall–Kier alpha value is -2.34. The van der Waals surface area contributed by atoms with Crippen molar-refractivity contribution in [3.63, 3.8) is 0 Å². The molecule has 1 saturated heterocycles. The van der Waals surface area contributed by atoms with E-state index in [-0.39, 0.29) is 12.0 Å². The van der Waals surface area contributed by atoms with Gasteiger partial charge in [-0.3, -0.25) is 4.79 Å². The molecule has 0 saturated carbocycles. The topological polar surface area (TPSA) is 70.4 Å². The Kier molecular flexibility index (Phi) is 5.15. The third-order valence-corrected chi connectivity index (χ3v) is 4.41. The maximum absolute atomic E-state index is 12.4. The number of aliphatic hydroxyl groups excluding tert-OH is 1. The number of aromatic nitrogens is 2. The molecule has 0 aliphatic carbocycles. The molecule has 128 valence electrons. The molecular formula is C18H24N4O2. The SMILES string of the molecule is CCn1cnc(CNc2ccc(C(=O)N3CCC(O)CC3)cc2)c1. The number of rotatable bonds is 5. The van der Waals surface area contributed by atoms with E-state index in [0.29, 0.717) is 38.0 Å². The van der Waals surface area contributed by atoms with Crippen LogP contribution in [0.5, 0.6) is 0 Å². The standard InChI is InChI=1S/C18H24N4O2/c1-2-21-12-16(20-13-21)11-19-15-5-3-14(4-6-15)18(24)22-9-7-17(23)8-10-22/h3-6,12-13,17,19,23H,2,7-11H2,1H3. The molecule has 2 heterocycles. The monoisotopic (exact) mass is 328 g/mol. The van der Waals surface area contributed by atoms with Crippen molar-refractivity contribution < 1.29 is 9.90 Å². The molecule has 6 heteroatoms. The van der Waals surface area contributed by atoms with Gasteiger partial charge in [0, 0.05) is 37.1 Å². The van der Waals surface area contributed by atoms with Crippen molar-refractivity contribution >= 4 is 11.6 Å². The summed E-state index contributed by atoms with van der Waals surface area (Å²) in [5, 5.41) is 12.8. The first-order valence-corrected chi connectivity index (χ1v) is 8.47. The second-order valence-electron chi connectivity index (χ2n) is 6.15. The third kappa shape index (κ3) is 3.94. The highest BCUT2D eigenvalue weighted by Gasteiger charge is 2.22. The molecule has 0 radical (unpaired) electrons. The summed E-state index contributed by atoms with van der Waals surface area (Å²) in [7, 11) is 0. The Bertz CT molecular complexity index is 673. The number of carbonyl (C=O) groups excluding carboxylic acids is 1. The normalized spacial score (nSPS) is 15.5. The van der Waals surface area contributed by atoms with Crippen molar-refractivity contribution in [1.29, 1.82) is 0 Å². The van der Waals surface area contributed by atoms with Gasteiger partial charge in [0.15, 0.2) is 0 Å². The summed E-state index contributed by atoms with van der Waals surface area (Å²) in [4.78, 5) is 18.6. The van der Waals surface area contributed by atoms with E-state index in [4.69, 9.17) is 0 Å². The second-order valence-corrected chi connectivity index (χ2v) is 6.15. The van der Waals surface area contributed by atoms with Crippen molar-refractivity contribution in [2.24, 2.45) is 0 Å². The maximum Gasteiger partial charge on any atom is 0.253 e. The highest BCUT2D eigenvalue weighted by Crippen LogP contribution is 2.16. The first-order chi connectivity index (χ1) is 11.7. The van der Waals surface area contributed by atoms with E-state index < -0.39 is 0 Å². The molecule has 24 heavy (non-hydrogen) atoms. The predicted molar refractivity (Wildman–Crippen MR) is 92.8 cm³/mol. The lowest BCUT2D eigenvalue weighted by molar-refractivity contribution is 0.0546. The first-order valence-electron chi connectivity index (χ1n) is 8.47. The largest absolute Gasteiger partial charge is 0.393 e. The minimum Gasteiger partial charge on any atom is -0.393 e. The van der Waals surface area contributed by atoms with Gasteiger partial charge in [0.25, 0.3) is 5.91 Å². The number of hydrogen-bond donors (Lipinski definition) is 2. The van der Waals surface area contributed by atoms with Gasteiger partial charge in [0.1, 0.15) is 0 Å². The molecule has 1 aromatic carbocycles. The summed E-state index contributed by atoms with van der Waals surface area (Å²) in [5.41, 5.74) is 2.64. The number of benzene rings is 1. The van der Waals surface area contributed by atoms with Gasteiger partial charge in [0.05, 0.1) is 24.7 Å². The molecule has 0 spiro atoms. The van der Waals surface area contributed by atoms with Crippen LogP contribution in [0.25, 0.3) is 0 Å². The van der Waals surface area contributed by atoms with Gasteiger partial charge in [-0.15, -0.1) is 0 Å². The van der Waals surface area contributed by atoms with E-state index in [0.717, 1.165) is 17.9 Å². The van der Waals surface area contributed by atoms with Gasteiger partial charge in [0.2, 0.25) is 0 Å². The fourth-order valence-corrected chi connectivity index (χ4v) is 2.85. The number of piperidine rings is 1. The molecule has 0 unspecified atom stereocenters. The molecule has 0 atom stereocenters. The molecule has 1 aliphatic heterocycles. The Morgan fingerprint density at radius 3 is 2.62 bits per heavy atom. The Morgan fingerprint density at radius 1 is 1.29 bits per heavy atom. The van der Waals surface area contributed by atoms with Crippen LogP contribution in [0.3, 0.4) is 0 Å². The zero-order chi connectivity index (χ0) is 16.9. The number of aryl methyl sites for hydroxylation is 1. The van der Waals surface area contributed by atoms with E-state index in [9.17, 15) is 9.90 Å². The van der Waals surface area contributed by atoms with Gasteiger partial charge >= 0.3 is 0 Å². The third-order valence-electron chi connectivity index (χ3n) is 4.41. The summed E-state index contributed by atoms with van der Waals surface area (Å²) in [6.07, 6.45) is 4.91. The Morgan fingerprint density at radius 2 is 2.00 bits per heavy atom. The summed E-state index contributed by atoms with van der Waals surface area (Å²) < 4.78 is 2.04. The lowest BCUT2D eigenvalue weighted by Gasteiger charge is -2.29. The van der Waals surface area contributed by atoms with Crippen LogP contribution in [-0.2, 0) is 13.1 Å². The summed E-state index contributed by atoms with van der Waals surface area (Å²) in [6, 6.07) is 7.53. The van der Waals surface area contributed by atoms with Crippen LogP contribution in [0.4, 0.5) is 5.69 Å². The fraction of sp³-hybridized carbons (Fsp3) is 0.444. The molecular weight excluding hydrogens is 304 g/mol. The van der Waals surface area contributed by atoms with Gasteiger partial charge < -0.3 is 19.9 Å². The number of anilines is 1. The van der Waals surface area contributed by atoms with Crippen LogP contribution in [0.15, 0.2) is 36.8 Å². The summed E-state index contributed by atoms with van der Waals surface area (Å²) >= 11 is 0. The van der Waals surface area contributed by atoms with Gasteiger partial charge in [-0.1, -0.05) is 0 Å². The molecule has 1 amide bonds. The van der Waals surface area contributed by atoms with E-state index in [2.05, 4.69) is 17.2 Å². The van der Waals surface area contributed by atoms with Crippen molar-refractivity contribution in [3.05, 3.63) is 48.0 Å². The van der Waals surface area contributed by atoms with Crippen LogP contribution in [0.2, 0.25) is 0 Å². The van der Waals surface area contributed by atoms with Crippen LogP contribution >= 0.6 is 0 Å². The number of hydrogen-bond acceptors (Lipinski definition) is 4. The number of amides is 1. The Balaban J connectivity index is 1.55. The van der Waals surface area contributed by atoms with Crippen LogP contribution in [0, 0.1) is 0 Å². The number of likely N-dealkylation sites (tertiary alicyclic amines) is 1. The molecule has 1 aromatic heterocycles. The van der Waals surface area contributed by atoms with Crippen LogP contribution < -0.4 is 5.32 Å². The van der Waals surface area contributed by atoms with E-state index in [1.165, 1.54) is 0 Å². The van der Waals surface area contributed by atoms with Gasteiger partial charge in [-0.05, 0) is 44.0 Å². The van der Waals surface area contributed by atoms with Crippen molar-refractivity contribution in [1.82, 2.24) is 14.5 Å². The molecule has 3 rings (SSSR count). The molecule has 2 aromatic rings. The maximum atomic E-state index is 12.4. The van der Waals surface area contributed by atoms with Crippen molar-refractivity contribution in [3.8, 4) is 0 Å². The average Bonchev–Trinajstić information content (AvgIpc) is 3.09. The van der Waals surface area contributed by atoms with Crippen molar-refractivity contribution in [2.45, 2.75) is 39.0 Å². The lowest BCUT2D eigenvalue weighted by Crippen LogP contribution is -2.40. The smallest absolute Gasteiger partial charge is 0.253 e. The lowest BCUT2D eigenvalue weighted by atomic mass is 10.1. The summed E-state index contributed by atoms with van der Waals surface area (Å²) in [5.74, 6) is 0.0372. The first kappa shape index (κ1) is 16.5. The minimum absolute atomic E-state index is 0.0372. The predicted octanol–water partition coefficient (Wildman–Crippen LogP) is 2.11. The molecule has 1 fully saturated rings. The minimum atomic E-state index is -0.267. The molecule has 6 nitrogen and oxygen atoms in total. The van der Waals surface area contributed by atoms with E-state index in [1.807, 2.05) is 46.3 Å². The van der Waals surface area contributed by atoms with Gasteiger partial charge in [-0.25, -0.2) is 4.98 Å². The Labute approximate surface area is 142 Å². The molecule has 0 bridgehead atoms. The van der Waals surface area contributed by atoms with E-state index >= 15 is 0 Å².